The van der Waals surface area contributed by atoms with E-state index in [2.05, 4.69) is 0 Å². The Labute approximate surface area is 82.7 Å². The number of amides is 2. The Bertz CT molecular complexity index is 272. The molecule has 0 aromatic heterocycles. The summed E-state index contributed by atoms with van der Waals surface area (Å²) >= 11 is 0. The maximum Gasteiger partial charge on any atom is 0.253 e. The Kier molecular flexibility index (Phi) is 2.37. The van der Waals surface area contributed by atoms with Crippen molar-refractivity contribution in [1.82, 2.24) is 4.90 Å². The molecule has 1 saturated carbocycles. The zero-order chi connectivity index (χ0) is 10.1. The Balaban J connectivity index is 2.02. The zero-order valence-corrected chi connectivity index (χ0v) is 7.98. The molecule has 4 nitrogen and oxygen atoms in total. The highest BCUT2D eigenvalue weighted by molar-refractivity contribution is 6.13. The van der Waals surface area contributed by atoms with Crippen molar-refractivity contribution in [1.29, 1.82) is 0 Å². The SMILES string of the molecule is NC1CCC(N2C(=O)C=CC2=O)CC1. The van der Waals surface area contributed by atoms with Crippen LogP contribution in [0.5, 0.6) is 0 Å². The fourth-order valence-corrected chi connectivity index (χ4v) is 2.13. The molecule has 1 heterocycles. The van der Waals surface area contributed by atoms with E-state index in [-0.39, 0.29) is 23.9 Å². The molecule has 0 spiro atoms. The first-order chi connectivity index (χ1) is 6.68. The molecule has 0 aromatic carbocycles. The van der Waals surface area contributed by atoms with E-state index in [9.17, 15) is 9.59 Å². The number of imide groups is 1. The molecule has 2 aliphatic rings. The fourth-order valence-electron chi connectivity index (χ4n) is 2.13. The molecule has 1 aliphatic heterocycles. The van der Waals surface area contributed by atoms with Gasteiger partial charge in [-0.05, 0) is 25.7 Å². The van der Waals surface area contributed by atoms with E-state index in [1.54, 1.807) is 0 Å². The van der Waals surface area contributed by atoms with Crippen LogP contribution in [0.25, 0.3) is 0 Å². The summed E-state index contributed by atoms with van der Waals surface area (Å²) in [5.74, 6) is -0.342. The van der Waals surface area contributed by atoms with Crippen molar-refractivity contribution in [3.05, 3.63) is 12.2 Å². The topological polar surface area (TPSA) is 63.4 Å². The summed E-state index contributed by atoms with van der Waals surface area (Å²) < 4.78 is 0. The van der Waals surface area contributed by atoms with E-state index in [1.165, 1.54) is 17.1 Å². The normalized spacial score (nSPS) is 32.8. The molecule has 0 saturated heterocycles. The van der Waals surface area contributed by atoms with Gasteiger partial charge in [0.2, 0.25) is 0 Å². The summed E-state index contributed by atoms with van der Waals surface area (Å²) in [6, 6.07) is 0.316. The molecule has 4 heteroatoms. The summed E-state index contributed by atoms with van der Waals surface area (Å²) in [6.07, 6.45) is 6.19. The van der Waals surface area contributed by atoms with Crippen molar-refractivity contribution in [2.75, 3.05) is 0 Å². The van der Waals surface area contributed by atoms with Crippen molar-refractivity contribution in [2.45, 2.75) is 37.8 Å². The quantitative estimate of drug-likeness (QED) is 0.606. The van der Waals surface area contributed by atoms with Crippen LogP contribution in [0.3, 0.4) is 0 Å². The average Bonchev–Trinajstić information content (AvgIpc) is 2.49. The van der Waals surface area contributed by atoms with Gasteiger partial charge in [-0.1, -0.05) is 0 Å². The third kappa shape index (κ3) is 1.57. The number of carbonyl (C=O) groups is 2. The van der Waals surface area contributed by atoms with Gasteiger partial charge < -0.3 is 5.73 Å². The van der Waals surface area contributed by atoms with Gasteiger partial charge in [-0.25, -0.2) is 0 Å². The molecule has 0 unspecified atom stereocenters. The first-order valence-corrected chi connectivity index (χ1v) is 4.99. The highest BCUT2D eigenvalue weighted by Gasteiger charge is 2.32. The minimum Gasteiger partial charge on any atom is -0.328 e. The molecule has 1 fully saturated rings. The fraction of sp³-hybridized carbons (Fsp3) is 0.600. The second-order valence-electron chi connectivity index (χ2n) is 3.95. The van der Waals surface area contributed by atoms with Gasteiger partial charge in [-0.3, -0.25) is 14.5 Å². The minimum absolute atomic E-state index is 0.0739. The molecule has 0 aromatic rings. The number of hydrogen-bond acceptors (Lipinski definition) is 3. The summed E-state index contributed by atoms with van der Waals surface area (Å²) in [6.45, 7) is 0. The molecule has 0 radical (unpaired) electrons. The van der Waals surface area contributed by atoms with Gasteiger partial charge in [0, 0.05) is 24.2 Å². The first kappa shape index (κ1) is 9.40. The third-order valence-corrected chi connectivity index (χ3v) is 2.95. The molecule has 76 valence electrons. The van der Waals surface area contributed by atoms with Crippen LogP contribution in [0.2, 0.25) is 0 Å². The second kappa shape index (κ2) is 3.53. The molecule has 0 atom stereocenters. The lowest BCUT2D eigenvalue weighted by molar-refractivity contribution is -0.140. The van der Waals surface area contributed by atoms with Gasteiger partial charge in [-0.15, -0.1) is 0 Å². The van der Waals surface area contributed by atoms with Crippen molar-refractivity contribution in [2.24, 2.45) is 5.73 Å². The molecule has 2 rings (SSSR count). The molecule has 1 aliphatic carbocycles. The molecule has 2 amide bonds. The number of nitrogens with zero attached hydrogens (tertiary/aromatic N) is 1. The van der Waals surface area contributed by atoms with E-state index in [1.807, 2.05) is 0 Å². The van der Waals surface area contributed by atoms with Crippen molar-refractivity contribution >= 4 is 11.8 Å². The highest BCUT2D eigenvalue weighted by atomic mass is 16.2. The van der Waals surface area contributed by atoms with Crippen LogP contribution in [-0.2, 0) is 9.59 Å². The van der Waals surface area contributed by atoms with Crippen molar-refractivity contribution in [3.63, 3.8) is 0 Å². The van der Waals surface area contributed by atoms with E-state index in [4.69, 9.17) is 5.73 Å². The Morgan fingerprint density at radius 3 is 2.07 bits per heavy atom. The smallest absolute Gasteiger partial charge is 0.253 e. The van der Waals surface area contributed by atoms with Crippen LogP contribution in [0.4, 0.5) is 0 Å². The van der Waals surface area contributed by atoms with Crippen LogP contribution in [-0.4, -0.2) is 28.8 Å². The average molecular weight is 194 g/mol. The number of rotatable bonds is 1. The monoisotopic (exact) mass is 194 g/mol. The van der Waals surface area contributed by atoms with Crippen LogP contribution in [0, 0.1) is 0 Å². The van der Waals surface area contributed by atoms with Crippen LogP contribution in [0.15, 0.2) is 12.2 Å². The largest absolute Gasteiger partial charge is 0.328 e. The predicted octanol–water partition coefficient (Wildman–Crippen LogP) is 0.181. The number of nitrogens with two attached hydrogens (primary N) is 1. The van der Waals surface area contributed by atoms with E-state index in [0.29, 0.717) is 0 Å². The lowest BCUT2D eigenvalue weighted by Gasteiger charge is -2.31. The first-order valence-electron chi connectivity index (χ1n) is 4.99. The van der Waals surface area contributed by atoms with Gasteiger partial charge in [0.1, 0.15) is 0 Å². The third-order valence-electron chi connectivity index (χ3n) is 2.95. The van der Waals surface area contributed by atoms with Gasteiger partial charge >= 0.3 is 0 Å². The summed E-state index contributed by atoms with van der Waals surface area (Å²) in [5, 5.41) is 0. The van der Waals surface area contributed by atoms with Crippen LogP contribution >= 0.6 is 0 Å². The number of hydrogen-bond donors (Lipinski definition) is 1. The maximum atomic E-state index is 11.4. The van der Waals surface area contributed by atoms with Crippen LogP contribution < -0.4 is 5.73 Å². The van der Waals surface area contributed by atoms with E-state index in [0.717, 1.165) is 25.7 Å². The minimum atomic E-state index is -0.171. The van der Waals surface area contributed by atoms with Gasteiger partial charge in [0.05, 0.1) is 0 Å². The summed E-state index contributed by atoms with van der Waals surface area (Å²) in [7, 11) is 0. The van der Waals surface area contributed by atoms with Crippen molar-refractivity contribution in [3.8, 4) is 0 Å². The Morgan fingerprint density at radius 2 is 1.57 bits per heavy atom. The lowest BCUT2D eigenvalue weighted by atomic mass is 9.91. The van der Waals surface area contributed by atoms with Gasteiger partial charge in [0.25, 0.3) is 11.8 Å². The zero-order valence-electron chi connectivity index (χ0n) is 7.98. The molecule has 14 heavy (non-hydrogen) atoms. The number of carbonyl (C=O) groups excluding carboxylic acids is 2. The summed E-state index contributed by atoms with van der Waals surface area (Å²) in [5.41, 5.74) is 5.76. The summed E-state index contributed by atoms with van der Waals surface area (Å²) in [4.78, 5) is 24.1. The van der Waals surface area contributed by atoms with Crippen LogP contribution in [0.1, 0.15) is 25.7 Å². The lowest BCUT2D eigenvalue weighted by Crippen LogP contribution is -2.44. The second-order valence-corrected chi connectivity index (χ2v) is 3.95. The predicted molar refractivity (Wildman–Crippen MR) is 51.2 cm³/mol. The van der Waals surface area contributed by atoms with Gasteiger partial charge in [-0.2, -0.15) is 0 Å². The highest BCUT2D eigenvalue weighted by Crippen LogP contribution is 2.24. The Morgan fingerprint density at radius 1 is 1.07 bits per heavy atom. The standard InChI is InChI=1S/C10H14N2O2/c11-7-1-3-8(4-2-7)12-9(13)5-6-10(12)14/h5-8H,1-4,11H2. The molecule has 2 N–H and O–H groups in total. The van der Waals surface area contributed by atoms with E-state index >= 15 is 0 Å². The van der Waals surface area contributed by atoms with Gasteiger partial charge in [0.15, 0.2) is 0 Å². The molecule has 0 bridgehead atoms. The Hall–Kier alpha value is -1.16. The maximum absolute atomic E-state index is 11.4. The molecular weight excluding hydrogens is 180 g/mol. The van der Waals surface area contributed by atoms with Crippen molar-refractivity contribution < 1.29 is 9.59 Å². The molecular formula is C10H14N2O2. The van der Waals surface area contributed by atoms with E-state index < -0.39 is 0 Å².